The van der Waals surface area contributed by atoms with E-state index in [2.05, 4.69) is 29.1 Å². The highest BCUT2D eigenvalue weighted by molar-refractivity contribution is 7.12. The van der Waals surface area contributed by atoms with E-state index >= 15 is 0 Å². The van der Waals surface area contributed by atoms with Gasteiger partial charge in [0.05, 0.1) is 29.4 Å². The second-order valence-corrected chi connectivity index (χ2v) is 10.8. The van der Waals surface area contributed by atoms with Crippen molar-refractivity contribution in [3.8, 4) is 0 Å². The average molecular weight is 458 g/mol. The molecule has 3 aromatic rings. The lowest BCUT2D eigenvalue weighted by Crippen LogP contribution is -2.66. The summed E-state index contributed by atoms with van der Waals surface area (Å²) in [6, 6.07) is 11.5. The van der Waals surface area contributed by atoms with Gasteiger partial charge in [-0.15, -0.1) is 22.7 Å². The van der Waals surface area contributed by atoms with Gasteiger partial charge in [-0.3, -0.25) is 4.48 Å². The number of quaternary nitrogens is 1. The summed E-state index contributed by atoms with van der Waals surface area (Å²) in [6.07, 6.45) is 8.39. The van der Waals surface area contributed by atoms with E-state index in [1.165, 1.54) is 35.5 Å². The molecule has 5 nitrogen and oxygen atoms in total. The number of thiophene rings is 2. The van der Waals surface area contributed by atoms with Gasteiger partial charge in [0.15, 0.2) is 0 Å². The zero-order chi connectivity index (χ0) is 21.3. The molecule has 3 aliphatic heterocycles. The largest absolute Gasteiger partial charge is 0.410 e. The standard InChI is InChI=1S/C24H29N2O3S2/c27-23(24(28,20-6-3-16-30-20)21-7-4-17-31-21)29-22-18-19-8-14-26(22,15-9-19)13-5-12-25-10-1-2-11-25/h1-4,6-7,10-11,16-17,19,22,28H,5,8-9,12-15,18H2/q+1/t19?,22-,26?/m1/s1. The fraction of sp³-hybridized carbons (Fsp3) is 0.458. The van der Waals surface area contributed by atoms with Crippen LogP contribution in [0.15, 0.2) is 59.6 Å². The Morgan fingerprint density at radius 3 is 2.32 bits per heavy atom. The maximum absolute atomic E-state index is 13.5. The number of fused-ring (bicyclic) bond motifs is 3. The number of rotatable bonds is 8. The van der Waals surface area contributed by atoms with Gasteiger partial charge in [-0.05, 0) is 40.9 Å². The number of nitrogens with zero attached hydrogens (tertiary/aromatic N) is 2. The van der Waals surface area contributed by atoms with E-state index in [0.717, 1.165) is 43.5 Å². The quantitative estimate of drug-likeness (QED) is 0.402. The molecule has 3 aliphatic rings. The van der Waals surface area contributed by atoms with Crippen LogP contribution in [-0.4, -0.2) is 46.0 Å². The SMILES string of the molecule is O=C(O[C@@H]1CC2CC[N+]1(CCCn1cccc1)CC2)C(O)(c1cccs1)c1cccs1. The third-order valence-corrected chi connectivity index (χ3v) is 9.05. The molecule has 7 heteroatoms. The Balaban J connectivity index is 1.36. The van der Waals surface area contributed by atoms with Gasteiger partial charge >= 0.3 is 5.97 Å². The molecule has 0 saturated carbocycles. The van der Waals surface area contributed by atoms with Gasteiger partial charge < -0.3 is 14.4 Å². The van der Waals surface area contributed by atoms with E-state index in [0.29, 0.717) is 15.7 Å². The molecule has 6 heterocycles. The van der Waals surface area contributed by atoms with Gasteiger partial charge in [0.1, 0.15) is 0 Å². The number of aliphatic hydroxyl groups is 1. The summed E-state index contributed by atoms with van der Waals surface area (Å²) >= 11 is 2.79. The molecule has 0 unspecified atom stereocenters. The fourth-order valence-corrected chi connectivity index (χ4v) is 7.00. The van der Waals surface area contributed by atoms with Crippen molar-refractivity contribution in [2.45, 2.75) is 44.1 Å². The lowest BCUT2D eigenvalue weighted by molar-refractivity contribution is -0.984. The molecule has 3 aromatic heterocycles. The van der Waals surface area contributed by atoms with Crippen molar-refractivity contribution in [3.63, 3.8) is 0 Å². The Labute approximate surface area is 191 Å². The molecule has 0 aliphatic carbocycles. The van der Waals surface area contributed by atoms with E-state index in [9.17, 15) is 9.90 Å². The van der Waals surface area contributed by atoms with E-state index in [1.807, 2.05) is 35.0 Å². The third-order valence-electron chi connectivity index (χ3n) is 7.09. The number of carbonyl (C=O) groups is 1. The van der Waals surface area contributed by atoms with Gasteiger partial charge in [-0.1, -0.05) is 12.1 Å². The number of esters is 1. The van der Waals surface area contributed by atoms with Crippen LogP contribution in [-0.2, 0) is 21.7 Å². The van der Waals surface area contributed by atoms with Crippen LogP contribution in [0.25, 0.3) is 0 Å². The van der Waals surface area contributed by atoms with Crippen molar-refractivity contribution in [1.82, 2.24) is 4.57 Å². The molecule has 164 valence electrons. The Bertz CT molecular complexity index is 940. The van der Waals surface area contributed by atoms with Gasteiger partial charge in [0.25, 0.3) is 0 Å². The summed E-state index contributed by atoms with van der Waals surface area (Å²) in [6.45, 7) is 4.10. The Hall–Kier alpha value is -1.93. The third kappa shape index (κ3) is 3.89. The predicted octanol–water partition coefficient (Wildman–Crippen LogP) is 4.44. The topological polar surface area (TPSA) is 51.5 Å². The van der Waals surface area contributed by atoms with E-state index in [1.54, 1.807) is 0 Å². The summed E-state index contributed by atoms with van der Waals surface area (Å²) in [5, 5.41) is 15.4. The molecule has 31 heavy (non-hydrogen) atoms. The van der Waals surface area contributed by atoms with Crippen LogP contribution in [0.2, 0.25) is 0 Å². The minimum Gasteiger partial charge on any atom is -0.410 e. The normalized spacial score (nSPS) is 25.6. The number of aryl methyl sites for hydroxylation is 1. The highest BCUT2D eigenvalue weighted by Crippen LogP contribution is 2.42. The van der Waals surface area contributed by atoms with Crippen LogP contribution in [0.4, 0.5) is 0 Å². The van der Waals surface area contributed by atoms with E-state index in [-0.39, 0.29) is 6.23 Å². The number of piperidine rings is 3. The highest BCUT2D eigenvalue weighted by Gasteiger charge is 2.52. The van der Waals surface area contributed by atoms with Crippen molar-refractivity contribution < 1.29 is 19.1 Å². The lowest BCUT2D eigenvalue weighted by Gasteiger charge is -2.53. The molecule has 1 N–H and O–H groups in total. The summed E-state index contributed by atoms with van der Waals surface area (Å²) < 4.78 is 9.27. The summed E-state index contributed by atoms with van der Waals surface area (Å²) in [4.78, 5) is 14.8. The molecule has 6 rings (SSSR count). The van der Waals surface area contributed by atoms with Gasteiger partial charge in [0.2, 0.25) is 11.8 Å². The Kier molecular flexibility index (Phi) is 5.77. The zero-order valence-electron chi connectivity index (χ0n) is 17.6. The number of hydrogen-bond donors (Lipinski definition) is 1. The Morgan fingerprint density at radius 1 is 1.10 bits per heavy atom. The molecule has 0 aromatic carbocycles. The van der Waals surface area contributed by atoms with Gasteiger partial charge in [-0.25, -0.2) is 4.79 Å². The summed E-state index contributed by atoms with van der Waals surface area (Å²) in [7, 11) is 0. The Morgan fingerprint density at radius 2 is 1.74 bits per heavy atom. The molecule has 3 fully saturated rings. The van der Waals surface area contributed by atoms with Crippen molar-refractivity contribution in [2.24, 2.45) is 5.92 Å². The predicted molar refractivity (Wildman–Crippen MR) is 123 cm³/mol. The lowest BCUT2D eigenvalue weighted by atomic mass is 9.84. The van der Waals surface area contributed by atoms with Crippen LogP contribution in [0, 0.1) is 5.92 Å². The van der Waals surface area contributed by atoms with Crippen LogP contribution < -0.4 is 0 Å². The van der Waals surface area contributed by atoms with Crippen molar-refractivity contribution in [3.05, 3.63) is 69.3 Å². The van der Waals surface area contributed by atoms with Crippen molar-refractivity contribution >= 4 is 28.6 Å². The van der Waals surface area contributed by atoms with Crippen LogP contribution in [0.5, 0.6) is 0 Å². The van der Waals surface area contributed by atoms with Crippen LogP contribution >= 0.6 is 22.7 Å². The van der Waals surface area contributed by atoms with E-state index < -0.39 is 11.6 Å². The second kappa shape index (κ2) is 8.54. The summed E-state index contributed by atoms with van der Waals surface area (Å²) in [5.41, 5.74) is -1.73. The molecule has 0 radical (unpaired) electrons. The number of aromatic nitrogens is 1. The summed E-state index contributed by atoms with van der Waals surface area (Å²) in [5.74, 6) is 0.0941. The molecule has 2 bridgehead atoms. The van der Waals surface area contributed by atoms with Crippen LogP contribution in [0.3, 0.4) is 0 Å². The fourth-order valence-electron chi connectivity index (χ4n) is 5.28. The molecular weight excluding hydrogens is 428 g/mol. The monoisotopic (exact) mass is 457 g/mol. The molecule has 1 atom stereocenters. The molecule has 3 saturated heterocycles. The number of carbonyl (C=O) groups excluding carboxylic acids is 1. The second-order valence-electron chi connectivity index (χ2n) is 8.87. The maximum Gasteiger partial charge on any atom is 0.353 e. The van der Waals surface area contributed by atoms with Gasteiger partial charge in [-0.2, -0.15) is 0 Å². The maximum atomic E-state index is 13.5. The molecule has 0 spiro atoms. The van der Waals surface area contributed by atoms with E-state index in [4.69, 9.17) is 4.74 Å². The molecule has 0 amide bonds. The first kappa shape index (κ1) is 20.9. The minimum atomic E-state index is -1.73. The number of hydrogen-bond acceptors (Lipinski definition) is 5. The first-order valence-corrected chi connectivity index (χ1v) is 12.8. The smallest absolute Gasteiger partial charge is 0.353 e. The van der Waals surface area contributed by atoms with Gasteiger partial charge in [0, 0.05) is 44.6 Å². The average Bonchev–Trinajstić information content (AvgIpc) is 3.58. The first-order valence-electron chi connectivity index (χ1n) is 11.1. The first-order chi connectivity index (χ1) is 15.1. The van der Waals surface area contributed by atoms with Crippen LogP contribution in [0.1, 0.15) is 35.4 Å². The van der Waals surface area contributed by atoms with Crippen molar-refractivity contribution in [1.29, 1.82) is 0 Å². The minimum absolute atomic E-state index is 0.170. The number of ether oxygens (including phenoxy) is 1. The van der Waals surface area contributed by atoms with Crippen molar-refractivity contribution in [2.75, 3.05) is 19.6 Å². The highest BCUT2D eigenvalue weighted by atomic mass is 32.1. The zero-order valence-corrected chi connectivity index (χ0v) is 19.2. The molecular formula is C24H29N2O3S2+.